The summed E-state index contributed by atoms with van der Waals surface area (Å²) < 4.78 is 33.7. The highest BCUT2D eigenvalue weighted by atomic mass is 31.2. The molecule has 0 bridgehead atoms. The van der Waals surface area contributed by atoms with Gasteiger partial charge in [-0.05, 0) is 70.6 Å². The van der Waals surface area contributed by atoms with Crippen molar-refractivity contribution < 1.29 is 57.1 Å². The Hall–Kier alpha value is -3.22. The van der Waals surface area contributed by atoms with E-state index in [-0.39, 0.29) is 50.1 Å². The van der Waals surface area contributed by atoms with Gasteiger partial charge in [0, 0.05) is 31.1 Å². The van der Waals surface area contributed by atoms with Gasteiger partial charge >= 0.3 is 11.9 Å². The molecule has 0 spiro atoms. The summed E-state index contributed by atoms with van der Waals surface area (Å²) in [6.45, 7) is 3.67. The molecule has 358 valence electrons. The van der Waals surface area contributed by atoms with Crippen LogP contribution in [0, 0.1) is 11.8 Å². The molecule has 0 aliphatic heterocycles. The number of allylic oxidation sites excluding steroid dienone is 12. The number of ketones is 1. The molecule has 0 amide bonds. The van der Waals surface area contributed by atoms with Gasteiger partial charge in [0.2, 0.25) is 0 Å². The zero-order chi connectivity index (χ0) is 46.6. The minimum atomic E-state index is -4.73. The number of quaternary nitrogens is 1. The third-order valence-electron chi connectivity index (χ3n) is 10.3. The first-order valence-corrected chi connectivity index (χ1v) is 24.9. The van der Waals surface area contributed by atoms with E-state index < -0.39 is 44.7 Å². The monoisotopic (exact) mass is 904 g/mol. The van der Waals surface area contributed by atoms with Crippen molar-refractivity contribution in [1.82, 2.24) is 0 Å². The number of ether oxygens (including phenoxy) is 2. The van der Waals surface area contributed by atoms with Crippen molar-refractivity contribution in [3.8, 4) is 0 Å². The molecule has 13 heteroatoms. The summed E-state index contributed by atoms with van der Waals surface area (Å²) in [6.07, 6.45) is 39.9. The third-order valence-corrected chi connectivity index (χ3v) is 11.2. The molecule has 1 aliphatic carbocycles. The maximum absolute atomic E-state index is 12.8. The summed E-state index contributed by atoms with van der Waals surface area (Å²) in [7, 11) is 0.948. The number of Topliss-reactive ketones (excluding diaryl/α,β-unsaturated/α-hetero) is 1. The zero-order valence-corrected chi connectivity index (χ0v) is 40.1. The van der Waals surface area contributed by atoms with Crippen LogP contribution < -0.4 is 4.89 Å². The lowest BCUT2D eigenvalue weighted by Crippen LogP contribution is -2.37. The summed E-state index contributed by atoms with van der Waals surface area (Å²) in [6, 6.07) is 0. The summed E-state index contributed by atoms with van der Waals surface area (Å²) >= 11 is 0. The minimum absolute atomic E-state index is 0.0103. The molecule has 2 N–H and O–H groups in total. The molecule has 12 nitrogen and oxygen atoms in total. The highest BCUT2D eigenvalue weighted by molar-refractivity contribution is 7.45. The van der Waals surface area contributed by atoms with Crippen molar-refractivity contribution in [2.24, 2.45) is 11.8 Å². The molecule has 6 atom stereocenters. The molecule has 1 aliphatic rings. The van der Waals surface area contributed by atoms with Crippen molar-refractivity contribution in [2.45, 2.75) is 154 Å². The van der Waals surface area contributed by atoms with Gasteiger partial charge in [-0.3, -0.25) is 18.9 Å². The van der Waals surface area contributed by atoms with Crippen LogP contribution in [0.25, 0.3) is 0 Å². The first kappa shape index (κ1) is 57.8. The summed E-state index contributed by atoms with van der Waals surface area (Å²) in [5, 5.41) is 20.7. The average molecular weight is 904 g/mol. The first-order chi connectivity index (χ1) is 30.2. The number of unbranched alkanes of at least 4 members (excludes halogenated alkanes) is 6. The normalized spacial score (nSPS) is 19.6. The molecule has 1 fully saturated rings. The van der Waals surface area contributed by atoms with Gasteiger partial charge in [-0.1, -0.05) is 131 Å². The topological polar surface area (TPSA) is 169 Å². The minimum Gasteiger partial charge on any atom is -0.756 e. The van der Waals surface area contributed by atoms with Gasteiger partial charge in [-0.25, -0.2) is 0 Å². The standard InChI is InChI=1S/C50H82NO11P/c1-6-8-10-11-12-13-14-15-16-17-18-19-20-21-22-23-24-25-30-34-49(55)59-41-44(42-61-63(57,58)60-39-38-51(3,4)5)62-50(56)35-31-27-26-29-33-45-46(48(54)40-47(45)53)37-36-43(52)32-28-9-7-2/h12-13,15-16,18-19,21-22,24-26,29,36-37,43-46,48,52,54H,6-11,14,17,20,23,27-28,30-35,38-42H2,1-5H3/b13-12-,16-15-,19-18-,22-21-,25-24-,29-26-,37-36+/t43-,44+,45+,46+,48+/m0/s1. The van der Waals surface area contributed by atoms with Gasteiger partial charge in [0.1, 0.15) is 25.5 Å². The van der Waals surface area contributed by atoms with Gasteiger partial charge < -0.3 is 38.1 Å². The number of aliphatic hydroxyl groups excluding tert-OH is 2. The van der Waals surface area contributed by atoms with Crippen LogP contribution >= 0.6 is 7.82 Å². The number of hydrogen-bond acceptors (Lipinski definition) is 11. The molecular weight excluding hydrogens is 822 g/mol. The Morgan fingerprint density at radius 2 is 1.33 bits per heavy atom. The van der Waals surface area contributed by atoms with Gasteiger partial charge in [0.15, 0.2) is 6.10 Å². The van der Waals surface area contributed by atoms with Crippen LogP contribution in [0.3, 0.4) is 0 Å². The second kappa shape index (κ2) is 36.1. The van der Waals surface area contributed by atoms with Crippen LogP contribution in [0.5, 0.6) is 0 Å². The number of phosphoric acid groups is 1. The molecule has 63 heavy (non-hydrogen) atoms. The largest absolute Gasteiger partial charge is 0.756 e. The summed E-state index contributed by atoms with van der Waals surface area (Å²) in [5.41, 5.74) is 0. The molecule has 0 radical (unpaired) electrons. The molecular formula is C50H82NO11P. The highest BCUT2D eigenvalue weighted by Gasteiger charge is 2.39. The molecule has 0 aromatic heterocycles. The lowest BCUT2D eigenvalue weighted by atomic mass is 9.90. The lowest BCUT2D eigenvalue weighted by Gasteiger charge is -2.28. The average Bonchev–Trinajstić information content (AvgIpc) is 3.50. The molecule has 1 unspecified atom stereocenters. The van der Waals surface area contributed by atoms with Crippen molar-refractivity contribution in [1.29, 1.82) is 0 Å². The Bertz CT molecular complexity index is 1510. The lowest BCUT2D eigenvalue weighted by molar-refractivity contribution is -0.870. The quantitative estimate of drug-likeness (QED) is 0.0200. The number of rotatable bonds is 37. The SMILES string of the molecule is CCCCC/C=C\C/C=C\C/C=C\C/C=C\C/C=C\CCC(=O)OC[C@H](COP(=O)([O-])OCC[N+](C)(C)C)OC(=O)CCC/C=C\C[C@H]1C(=O)C[C@@H](O)[C@@H]1/C=C/[C@@H](O)CCCCC. The fraction of sp³-hybridized carbons (Fsp3) is 0.660. The van der Waals surface area contributed by atoms with E-state index in [1.165, 1.54) is 19.3 Å². The van der Waals surface area contributed by atoms with E-state index in [1.54, 1.807) is 12.2 Å². The molecule has 0 heterocycles. The fourth-order valence-corrected chi connectivity index (χ4v) is 7.23. The first-order valence-electron chi connectivity index (χ1n) is 23.4. The summed E-state index contributed by atoms with van der Waals surface area (Å²) in [4.78, 5) is 50.4. The Kier molecular flexibility index (Phi) is 33.1. The second-order valence-electron chi connectivity index (χ2n) is 17.2. The fourth-order valence-electron chi connectivity index (χ4n) is 6.50. The van der Waals surface area contributed by atoms with Crippen molar-refractivity contribution in [3.63, 3.8) is 0 Å². The summed E-state index contributed by atoms with van der Waals surface area (Å²) in [5.74, 6) is -1.91. The van der Waals surface area contributed by atoms with Crippen LogP contribution in [-0.2, 0) is 37.5 Å². The Balaban J connectivity index is 2.54. The number of likely N-dealkylation sites (N-methyl/N-ethyl adjacent to an activating group) is 1. The molecule has 0 saturated heterocycles. The number of carbonyl (C=O) groups excluding carboxylic acids is 3. The predicted molar refractivity (Wildman–Crippen MR) is 250 cm³/mol. The van der Waals surface area contributed by atoms with Crippen LogP contribution in [-0.4, -0.2) is 98.2 Å². The zero-order valence-electron chi connectivity index (χ0n) is 39.2. The third kappa shape index (κ3) is 33.0. The number of aliphatic hydroxyl groups is 2. The molecule has 1 rings (SSSR count). The number of nitrogens with zero attached hydrogens (tertiary/aromatic N) is 1. The maximum Gasteiger partial charge on any atom is 0.306 e. The van der Waals surface area contributed by atoms with E-state index in [0.29, 0.717) is 43.1 Å². The highest BCUT2D eigenvalue weighted by Crippen LogP contribution is 2.38. The smallest absolute Gasteiger partial charge is 0.306 e. The Morgan fingerprint density at radius 1 is 0.762 bits per heavy atom. The van der Waals surface area contributed by atoms with Gasteiger partial charge in [-0.2, -0.15) is 0 Å². The van der Waals surface area contributed by atoms with E-state index in [4.69, 9.17) is 18.5 Å². The molecule has 1 saturated carbocycles. The van der Waals surface area contributed by atoms with Crippen molar-refractivity contribution >= 4 is 25.5 Å². The Morgan fingerprint density at radius 3 is 1.95 bits per heavy atom. The number of hydrogen-bond donors (Lipinski definition) is 2. The van der Waals surface area contributed by atoms with Gasteiger partial charge in [0.05, 0.1) is 40.0 Å². The van der Waals surface area contributed by atoms with Gasteiger partial charge in [0.25, 0.3) is 7.82 Å². The van der Waals surface area contributed by atoms with Gasteiger partial charge in [-0.15, -0.1) is 0 Å². The van der Waals surface area contributed by atoms with Crippen LogP contribution in [0.1, 0.15) is 136 Å². The van der Waals surface area contributed by atoms with Crippen LogP contribution in [0.4, 0.5) is 0 Å². The van der Waals surface area contributed by atoms with Crippen molar-refractivity contribution in [2.75, 3.05) is 47.5 Å². The number of phosphoric ester groups is 1. The van der Waals surface area contributed by atoms with Crippen LogP contribution in [0.2, 0.25) is 0 Å². The van der Waals surface area contributed by atoms with Crippen LogP contribution in [0.15, 0.2) is 85.1 Å². The van der Waals surface area contributed by atoms with Crippen molar-refractivity contribution in [3.05, 3.63) is 85.1 Å². The van der Waals surface area contributed by atoms with E-state index in [2.05, 4.69) is 62.5 Å². The Labute approximate surface area is 380 Å². The van der Waals surface area contributed by atoms with E-state index in [9.17, 15) is 34.1 Å². The van der Waals surface area contributed by atoms with E-state index in [1.807, 2.05) is 45.4 Å². The number of esters is 2. The number of carbonyl (C=O) groups is 3. The van der Waals surface area contributed by atoms with E-state index >= 15 is 0 Å². The predicted octanol–water partition coefficient (Wildman–Crippen LogP) is 9.53. The maximum atomic E-state index is 12.8. The second-order valence-corrected chi connectivity index (χ2v) is 18.6. The molecule has 0 aromatic carbocycles. The molecule has 0 aromatic rings. The van der Waals surface area contributed by atoms with E-state index in [0.717, 1.165) is 51.4 Å².